The number of aromatic nitrogens is 2. The van der Waals surface area contributed by atoms with Gasteiger partial charge in [-0.25, -0.2) is 39.9 Å². The van der Waals surface area contributed by atoms with Gasteiger partial charge in [0.15, 0.2) is 0 Å². The molecular formula is C34H4F2N12. The third kappa shape index (κ3) is 4.10. The zero-order valence-corrected chi connectivity index (χ0v) is 23.4. The van der Waals surface area contributed by atoms with E-state index in [2.05, 4.69) is 29.3 Å². The number of hydrogen-bond acceptors (Lipinski definition) is 8. The third-order valence-electron chi connectivity index (χ3n) is 7.33. The van der Waals surface area contributed by atoms with Crippen molar-refractivity contribution in [2.75, 3.05) is 0 Å². The molecule has 2 aromatic heterocycles. The molecule has 12 nitrogen and oxygen atoms in total. The summed E-state index contributed by atoms with van der Waals surface area (Å²) >= 11 is 0. The van der Waals surface area contributed by atoms with Gasteiger partial charge in [-0.2, -0.15) is 29.8 Å². The Balaban J connectivity index is 2.18. The van der Waals surface area contributed by atoms with Crippen LogP contribution in [-0.2, 0) is 0 Å². The lowest BCUT2D eigenvalue weighted by Gasteiger charge is -2.17. The van der Waals surface area contributed by atoms with E-state index in [0.717, 1.165) is 24.5 Å². The quantitative estimate of drug-likeness (QED) is 0.177. The van der Waals surface area contributed by atoms with Gasteiger partial charge in [0.25, 0.3) is 11.4 Å². The number of pyridine rings is 2. The Morgan fingerprint density at radius 1 is 0.625 bits per heavy atom. The van der Waals surface area contributed by atoms with Gasteiger partial charge in [-0.15, -0.1) is 0 Å². The van der Waals surface area contributed by atoms with Gasteiger partial charge in [0.05, 0.1) is 66.8 Å². The zero-order valence-electron chi connectivity index (χ0n) is 23.4. The Kier molecular flexibility index (Phi) is 7.50. The van der Waals surface area contributed by atoms with Crippen molar-refractivity contribution in [3.05, 3.63) is 144 Å². The second-order valence-electron chi connectivity index (χ2n) is 9.37. The van der Waals surface area contributed by atoms with Crippen LogP contribution >= 0.6 is 0 Å². The van der Waals surface area contributed by atoms with Crippen LogP contribution in [0, 0.1) is 106 Å². The number of halogens is 2. The van der Waals surface area contributed by atoms with E-state index in [0.29, 0.717) is 0 Å². The summed E-state index contributed by atoms with van der Waals surface area (Å²) in [5, 5.41) is 61.7. The third-order valence-corrected chi connectivity index (χ3v) is 7.33. The van der Waals surface area contributed by atoms with Crippen molar-refractivity contribution >= 4 is 39.2 Å². The number of hydrogen-bond donors (Lipinski definition) is 0. The summed E-state index contributed by atoms with van der Waals surface area (Å²) in [5.41, 5.74) is -7.66. The van der Waals surface area contributed by atoms with Crippen molar-refractivity contribution in [3.63, 3.8) is 0 Å². The highest BCUT2D eigenvalue weighted by atomic mass is 19.1. The molecule has 0 radical (unpaired) electrons. The molecule has 1 aromatic carbocycles. The highest BCUT2D eigenvalue weighted by Gasteiger charge is 2.44. The topological polar surface area (TPSA) is 186 Å². The maximum absolute atomic E-state index is 14.6. The van der Waals surface area contributed by atoms with Crippen LogP contribution < -0.4 is 0 Å². The van der Waals surface area contributed by atoms with Crippen LogP contribution in [-0.4, -0.2) is 9.97 Å². The molecule has 0 atom stereocenters. The van der Waals surface area contributed by atoms with Crippen molar-refractivity contribution in [2.24, 2.45) is 0 Å². The predicted octanol–water partition coefficient (Wildman–Crippen LogP) is 6.48. The summed E-state index contributed by atoms with van der Waals surface area (Å²) in [6, 6.07) is 12.3. The van der Waals surface area contributed by atoms with E-state index in [-0.39, 0.29) is 55.8 Å². The Morgan fingerprint density at radius 2 is 1.17 bits per heavy atom. The van der Waals surface area contributed by atoms with Crippen molar-refractivity contribution in [2.45, 2.75) is 0 Å². The number of nitriles is 6. The second kappa shape index (κ2) is 11.7. The van der Waals surface area contributed by atoms with E-state index < -0.39 is 56.8 Å². The Labute approximate surface area is 269 Å². The Bertz CT molecular complexity index is 2490. The molecule has 0 saturated heterocycles. The van der Waals surface area contributed by atoms with Crippen LogP contribution in [0.2, 0.25) is 0 Å². The van der Waals surface area contributed by atoms with Gasteiger partial charge < -0.3 is 0 Å². The second-order valence-corrected chi connectivity index (χ2v) is 9.37. The fourth-order valence-corrected chi connectivity index (χ4v) is 5.64. The van der Waals surface area contributed by atoms with E-state index in [1.54, 1.807) is 18.2 Å². The predicted molar refractivity (Wildman–Crippen MR) is 159 cm³/mol. The number of rotatable bonds is 2. The molecule has 0 aliphatic heterocycles. The number of benzene rings is 1. The summed E-state index contributed by atoms with van der Waals surface area (Å²) in [6.45, 7) is 31.2. The van der Waals surface area contributed by atoms with Gasteiger partial charge in [-0.05, 0) is 33.9 Å². The average Bonchev–Trinajstić information content (AvgIpc) is 3.61. The molecule has 214 valence electrons. The summed E-state index contributed by atoms with van der Waals surface area (Å²) in [7, 11) is 0. The average molecular weight is 618 g/mol. The monoisotopic (exact) mass is 618 g/mol. The first-order chi connectivity index (χ1) is 23.2. The lowest BCUT2D eigenvalue weighted by atomic mass is 9.83. The summed E-state index contributed by atoms with van der Waals surface area (Å²) in [5.74, 6) is -2.22. The first kappa shape index (κ1) is 30.7. The largest absolute Gasteiger partial charge is 0.270 e. The SMILES string of the molecule is [C-]#[N+]C1=C(c2cc(F)ncc2[N+]#[C-])/C(=C(/C#N)[N+]#[C-])c2c(C#N)c3c(c(C#N)c21)C(C#N)=C(c1cc(F)ncc1C#N)/C3=C(\C#N)[N+]#[C-]. The molecule has 0 fully saturated rings. The molecule has 2 heterocycles. The molecule has 0 spiro atoms. The number of nitrogens with zero attached hydrogens (tertiary/aromatic N) is 12. The molecule has 2 aliphatic rings. The minimum Gasteiger partial charge on any atom is -0.240 e. The molecule has 0 amide bonds. The molecule has 2 aliphatic carbocycles. The lowest BCUT2D eigenvalue weighted by Crippen LogP contribution is -2.04. The van der Waals surface area contributed by atoms with E-state index in [9.17, 15) is 40.4 Å². The van der Waals surface area contributed by atoms with Gasteiger partial charge in [-0.3, -0.25) is 0 Å². The van der Waals surface area contributed by atoms with E-state index in [1.807, 2.05) is 18.2 Å². The van der Waals surface area contributed by atoms with Crippen LogP contribution in [0.25, 0.3) is 52.9 Å². The molecule has 3 aromatic rings. The highest BCUT2D eigenvalue weighted by molar-refractivity contribution is 6.31. The molecule has 0 saturated carbocycles. The maximum Gasteiger partial charge on any atom is 0.270 e. The van der Waals surface area contributed by atoms with E-state index >= 15 is 0 Å². The fourth-order valence-electron chi connectivity index (χ4n) is 5.64. The first-order valence-electron chi connectivity index (χ1n) is 12.7. The Hall–Kier alpha value is -8.76. The van der Waals surface area contributed by atoms with Crippen molar-refractivity contribution < 1.29 is 8.78 Å². The van der Waals surface area contributed by atoms with E-state index in [1.165, 1.54) is 0 Å². The standard InChI is InChI=1S/C34H4F2N12/c1-43-21(11-41)32-26(16-5-24(35)47-13-15(16)7-37)18(8-38)27-19(9-39)31-29(20(10-40)28(27)32)33(22(12-42)44-2)30(34(31)46-4)17-6-25(36)48-14-23(17)45-3/h5-6,13-14H/b32-21-,33-22-. The molecule has 0 bridgehead atoms. The minimum absolute atomic E-state index is 0.295. The van der Waals surface area contributed by atoms with Crippen LogP contribution in [0.1, 0.15) is 50.1 Å². The minimum atomic E-state index is -1.11. The van der Waals surface area contributed by atoms with Crippen molar-refractivity contribution in [1.82, 2.24) is 9.97 Å². The van der Waals surface area contributed by atoms with Gasteiger partial charge in [-0.1, -0.05) is 0 Å². The van der Waals surface area contributed by atoms with Crippen LogP contribution in [0.4, 0.5) is 14.5 Å². The van der Waals surface area contributed by atoms with Crippen LogP contribution in [0.5, 0.6) is 0 Å². The number of fused-ring (bicyclic) bond motifs is 2. The Morgan fingerprint density at radius 3 is 1.67 bits per heavy atom. The van der Waals surface area contributed by atoms with Gasteiger partial charge in [0.2, 0.25) is 23.3 Å². The zero-order chi connectivity index (χ0) is 34.9. The lowest BCUT2D eigenvalue weighted by molar-refractivity contribution is 0.583. The number of allylic oxidation sites excluding steroid dienone is 7. The fraction of sp³-hybridized carbons (Fsp3) is 0. The van der Waals surface area contributed by atoms with E-state index in [4.69, 9.17) is 26.3 Å². The molecule has 48 heavy (non-hydrogen) atoms. The normalized spacial score (nSPS) is 14.2. The van der Waals surface area contributed by atoms with Crippen LogP contribution in [0.3, 0.4) is 0 Å². The van der Waals surface area contributed by atoms with Gasteiger partial charge in [0, 0.05) is 46.3 Å². The van der Waals surface area contributed by atoms with Gasteiger partial charge >= 0.3 is 0 Å². The molecule has 0 N–H and O–H groups in total. The molecule has 0 unspecified atom stereocenters. The molecular weight excluding hydrogens is 614 g/mol. The summed E-state index contributed by atoms with van der Waals surface area (Å²) in [6.07, 6.45) is 1.70. The summed E-state index contributed by atoms with van der Waals surface area (Å²) < 4.78 is 29.1. The summed E-state index contributed by atoms with van der Waals surface area (Å²) in [4.78, 5) is 20.2. The van der Waals surface area contributed by atoms with Crippen molar-refractivity contribution in [3.8, 4) is 36.4 Å². The first-order valence-corrected chi connectivity index (χ1v) is 12.7. The molecule has 14 heteroatoms. The smallest absolute Gasteiger partial charge is 0.240 e. The maximum atomic E-state index is 14.6. The highest BCUT2D eigenvalue weighted by Crippen LogP contribution is 2.59. The van der Waals surface area contributed by atoms with Crippen LogP contribution in [0.15, 0.2) is 35.9 Å². The molecule has 5 rings (SSSR count). The van der Waals surface area contributed by atoms with Gasteiger partial charge in [0.1, 0.15) is 18.2 Å². The van der Waals surface area contributed by atoms with Crippen molar-refractivity contribution in [1.29, 1.82) is 31.6 Å².